The Morgan fingerprint density at radius 1 is 0.275 bits per heavy atom. The molecule has 6 nitrogen and oxygen atoms in total. The lowest BCUT2D eigenvalue weighted by molar-refractivity contribution is 0.727. The normalized spacial score (nSPS) is 14.1. The fourth-order valence-corrected chi connectivity index (χ4v) is 21.9. The highest BCUT2D eigenvalue weighted by atomic mass is 15.2. The highest BCUT2D eigenvalue weighted by Crippen LogP contribution is 2.78. The monoisotopic (exact) mass is 1540 g/mol. The molecular weight excluding hydrogens is 1450 g/mol. The topological polar surface area (TPSA) is 42.2 Å². The first-order valence-corrected chi connectivity index (χ1v) is 42.7. The molecule has 22 rings (SSSR count). The molecule has 16 aromatic rings. The maximum atomic E-state index is 10.5. The van der Waals surface area contributed by atoms with E-state index >= 15 is 0 Å². The average Bonchev–Trinajstić information content (AvgIpc) is 1.45. The number of unbranched alkanes of at least 4 members (excludes halogenated alkanes) is 3. The summed E-state index contributed by atoms with van der Waals surface area (Å²) in [5.74, 6) is 0. The van der Waals surface area contributed by atoms with Crippen LogP contribution in [0, 0.1) is 24.5 Å². The molecule has 3 heterocycles. The van der Waals surface area contributed by atoms with Crippen LogP contribution in [0.4, 0.5) is 62.6 Å². The summed E-state index contributed by atoms with van der Waals surface area (Å²) in [6, 6.07) is 134. The van der Waals surface area contributed by atoms with Crippen molar-refractivity contribution in [3.63, 3.8) is 0 Å². The molecule has 0 radical (unpaired) electrons. The first-order valence-electron chi connectivity index (χ1n) is 42.7. The number of hydrogen-bond acceptors (Lipinski definition) is 4. The van der Waals surface area contributed by atoms with E-state index in [1.807, 2.05) is 36.4 Å². The minimum absolute atomic E-state index is 0.594. The third kappa shape index (κ3) is 10.3. The van der Waals surface area contributed by atoms with Gasteiger partial charge in [-0.15, -0.1) is 0 Å². The van der Waals surface area contributed by atoms with Gasteiger partial charge in [-0.25, -0.2) is 9.69 Å². The molecule has 0 bridgehead atoms. The third-order valence-electron chi connectivity index (χ3n) is 27.0. The number of nitriles is 1. The SMILES string of the molecule is [C-]#[N+]c1ccc(-c2ccc3c(c2)C2(c4ccccc4N(c4ccc(CCCC)cc4)c4ccccc42)c2c-3c3c(c4c2-c2ccc(-c5ccc([N+]#[C-])cc5)cc2C42c4ccccc4N(c4ccc(CCCC)cc4)c4ccccc42)-c2ccc(-c4ccc(C#N)cc4)cc2C32c3ccccc3N(c3ccc(CCCC)cc3)c3ccccc32)cc1. The van der Waals surface area contributed by atoms with Gasteiger partial charge in [0.05, 0.1) is 75.1 Å². The van der Waals surface area contributed by atoms with E-state index in [0.717, 1.165) is 159 Å². The van der Waals surface area contributed by atoms with Gasteiger partial charge in [0.15, 0.2) is 11.4 Å². The predicted octanol–water partition coefficient (Wildman–Crippen LogP) is 30.1. The van der Waals surface area contributed by atoms with Crippen LogP contribution in [0.5, 0.6) is 0 Å². The molecule has 120 heavy (non-hydrogen) atoms. The van der Waals surface area contributed by atoms with Gasteiger partial charge in [0.1, 0.15) is 0 Å². The minimum Gasteiger partial charge on any atom is -0.310 e. The zero-order valence-electron chi connectivity index (χ0n) is 67.5. The molecule has 3 aliphatic carbocycles. The summed E-state index contributed by atoms with van der Waals surface area (Å²) in [5, 5.41) is 10.5. The summed E-state index contributed by atoms with van der Waals surface area (Å²) in [7, 11) is 0. The summed E-state index contributed by atoms with van der Waals surface area (Å²) in [4.78, 5) is 15.5. The van der Waals surface area contributed by atoms with Crippen molar-refractivity contribution in [2.75, 3.05) is 14.7 Å². The van der Waals surface area contributed by atoms with Crippen molar-refractivity contribution in [1.82, 2.24) is 0 Å². The van der Waals surface area contributed by atoms with E-state index in [9.17, 15) is 5.26 Å². The van der Waals surface area contributed by atoms with E-state index in [2.05, 4.69) is 361 Å². The zero-order chi connectivity index (χ0) is 80.5. The van der Waals surface area contributed by atoms with Crippen LogP contribution in [-0.4, -0.2) is 0 Å². The Kier molecular flexibility index (Phi) is 17.0. The lowest BCUT2D eigenvalue weighted by Gasteiger charge is -2.48. The molecule has 0 saturated carbocycles. The quantitative estimate of drug-likeness (QED) is 0.0960. The van der Waals surface area contributed by atoms with Crippen molar-refractivity contribution in [1.29, 1.82) is 5.26 Å². The number of hydrogen-bond donors (Lipinski definition) is 0. The number of benzene rings is 16. The van der Waals surface area contributed by atoms with E-state index < -0.39 is 16.2 Å². The van der Waals surface area contributed by atoms with Crippen LogP contribution in [-0.2, 0) is 35.5 Å². The molecule has 16 aromatic carbocycles. The summed E-state index contributed by atoms with van der Waals surface area (Å²) in [6.07, 6.45) is 9.75. The van der Waals surface area contributed by atoms with E-state index in [0.29, 0.717) is 16.9 Å². The second-order valence-electron chi connectivity index (χ2n) is 33.2. The summed E-state index contributed by atoms with van der Waals surface area (Å²) in [5.41, 5.74) is 39.9. The second-order valence-corrected chi connectivity index (χ2v) is 33.2. The smallest absolute Gasteiger partial charge is 0.187 e. The molecular formula is C114H84N6. The molecule has 6 heteroatoms. The van der Waals surface area contributed by atoms with Crippen molar-refractivity contribution in [2.24, 2.45) is 0 Å². The maximum Gasteiger partial charge on any atom is 0.187 e. The standard InChI is InChI=1S/C114H84N6/c1-6-9-24-73-41-60-85(61-42-73)118-100-33-18-12-27-91(100)112(92-28-13-19-34-101(92)118)97-69-80(77-47-39-76(72-115)40-48-77)53-66-88(97)106-109(112)107-89-67-54-81(78-49-56-83(116-4)57-50-78)70-98(89)114(95-31-16-22-37-104(95)120(105-38-23-17-32-96(105)114)87-64-45-75(46-65-87)26-11-8-3)111(107)108-90-68-55-82(79-51-58-84(117-5)59-52-79)71-99(90)113(110(106)108)93-29-14-20-35-102(93)119(103-36-21-15-30-94(103)113)86-62-43-74(44-63-86)25-10-7-2/h12-23,27-71H,6-11,24-26H2,1-3H3. The molecule has 0 unspecified atom stereocenters. The van der Waals surface area contributed by atoms with Crippen molar-refractivity contribution in [2.45, 2.75) is 94.8 Å². The molecule has 0 fully saturated rings. The van der Waals surface area contributed by atoms with E-state index in [-0.39, 0.29) is 0 Å². The molecule has 0 atom stereocenters. The molecule has 0 aromatic heterocycles. The first-order chi connectivity index (χ1) is 59.3. The van der Waals surface area contributed by atoms with E-state index in [1.54, 1.807) is 0 Å². The van der Waals surface area contributed by atoms with Crippen LogP contribution in [0.25, 0.3) is 76.5 Å². The molecule has 0 saturated heterocycles. The number of anilines is 9. The predicted molar refractivity (Wildman–Crippen MR) is 492 cm³/mol. The average molecular weight is 1540 g/mol. The van der Waals surface area contributed by atoms with Crippen molar-refractivity contribution in [3.8, 4) is 72.8 Å². The highest BCUT2D eigenvalue weighted by molar-refractivity contribution is 6.14. The van der Waals surface area contributed by atoms with Gasteiger partial charge >= 0.3 is 0 Å². The molecule has 3 spiro atoms. The van der Waals surface area contributed by atoms with Gasteiger partial charge in [0, 0.05) is 17.1 Å². The number of rotatable bonds is 15. The number of nitrogens with zero attached hydrogens (tertiary/aromatic N) is 6. The minimum atomic E-state index is -1.10. The Morgan fingerprint density at radius 2 is 0.517 bits per heavy atom. The fourth-order valence-electron chi connectivity index (χ4n) is 21.9. The number of fused-ring (bicyclic) bond motifs is 30. The number of aryl methyl sites for hydroxylation is 3. The van der Waals surface area contributed by atoms with Crippen LogP contribution in [0.3, 0.4) is 0 Å². The number of para-hydroxylation sites is 6. The van der Waals surface area contributed by atoms with Crippen LogP contribution in [0.2, 0.25) is 0 Å². The van der Waals surface area contributed by atoms with E-state index in [4.69, 9.17) is 13.1 Å². The Balaban J connectivity index is 0.973. The van der Waals surface area contributed by atoms with Crippen molar-refractivity contribution in [3.05, 3.63) is 458 Å². The van der Waals surface area contributed by atoms with Gasteiger partial charge in [-0.05, 0) is 292 Å². The Bertz CT molecular complexity index is 6170. The van der Waals surface area contributed by atoms with Gasteiger partial charge in [0.25, 0.3) is 0 Å². The van der Waals surface area contributed by atoms with Gasteiger partial charge in [0.2, 0.25) is 0 Å². The Morgan fingerprint density at radius 3 is 0.758 bits per heavy atom. The van der Waals surface area contributed by atoms with Crippen LogP contribution in [0.1, 0.15) is 148 Å². The van der Waals surface area contributed by atoms with Gasteiger partial charge in [-0.3, -0.25) is 0 Å². The lowest BCUT2D eigenvalue weighted by atomic mass is 9.58. The van der Waals surface area contributed by atoms with Crippen LogP contribution < -0.4 is 14.7 Å². The van der Waals surface area contributed by atoms with E-state index in [1.165, 1.54) is 100 Å². The molecule has 3 aliphatic heterocycles. The van der Waals surface area contributed by atoms with Gasteiger partial charge < -0.3 is 14.7 Å². The largest absolute Gasteiger partial charge is 0.310 e. The molecule has 6 aliphatic rings. The van der Waals surface area contributed by atoms with Crippen LogP contribution >= 0.6 is 0 Å². The van der Waals surface area contributed by atoms with Gasteiger partial charge in [-0.2, -0.15) is 5.26 Å². The highest BCUT2D eigenvalue weighted by Gasteiger charge is 2.65. The first kappa shape index (κ1) is 71.9. The summed E-state index contributed by atoms with van der Waals surface area (Å²) < 4.78 is 0. The zero-order valence-corrected chi connectivity index (χ0v) is 67.5. The molecule has 570 valence electrons. The maximum absolute atomic E-state index is 10.5. The lowest BCUT2D eigenvalue weighted by Crippen LogP contribution is -2.39. The fraction of sp³-hybridized carbons (Fsp3) is 0.132. The second kappa shape index (κ2) is 28.4. The molecule has 0 N–H and O–H groups in total. The van der Waals surface area contributed by atoms with Gasteiger partial charge in [-0.1, -0.05) is 283 Å². The Labute approximate surface area is 703 Å². The third-order valence-corrected chi connectivity index (χ3v) is 27.0. The summed E-state index contributed by atoms with van der Waals surface area (Å²) >= 11 is 0. The van der Waals surface area contributed by atoms with Crippen molar-refractivity contribution >= 4 is 62.6 Å². The Hall–Kier alpha value is -14.6. The molecule has 0 amide bonds. The summed E-state index contributed by atoms with van der Waals surface area (Å²) in [6.45, 7) is 23.3. The van der Waals surface area contributed by atoms with Crippen molar-refractivity contribution < 1.29 is 0 Å². The van der Waals surface area contributed by atoms with Crippen LogP contribution in [0.15, 0.2) is 346 Å².